The van der Waals surface area contributed by atoms with Crippen LogP contribution >= 0.6 is 11.8 Å². The zero-order valence-corrected chi connectivity index (χ0v) is 20.8. The molecule has 0 spiro atoms. The maximum Gasteiger partial charge on any atom is 0.349 e. The van der Waals surface area contributed by atoms with Crippen LogP contribution in [-0.4, -0.2) is 21.8 Å². The Labute approximate surface area is 196 Å². The summed E-state index contributed by atoms with van der Waals surface area (Å²) >= 11 is 1.31. The van der Waals surface area contributed by atoms with Gasteiger partial charge >= 0.3 is 5.97 Å². The van der Waals surface area contributed by atoms with Gasteiger partial charge in [-0.15, -0.1) is 0 Å². The summed E-state index contributed by atoms with van der Waals surface area (Å²) in [4.78, 5) is 14.7. The molecule has 32 heavy (non-hydrogen) atoms. The average Bonchev–Trinajstić information content (AvgIpc) is 3.43. The van der Waals surface area contributed by atoms with E-state index in [1.165, 1.54) is 37.4 Å². The van der Waals surface area contributed by atoms with Gasteiger partial charge in [0.2, 0.25) is 0 Å². The lowest BCUT2D eigenvalue weighted by atomic mass is 9.71. The number of carbonyl (C=O) groups excluding carboxylic acids is 1. The molecule has 1 aromatic carbocycles. The van der Waals surface area contributed by atoms with Crippen molar-refractivity contribution in [2.24, 2.45) is 11.8 Å². The molecule has 2 aliphatic carbocycles. The quantitative estimate of drug-likeness (QED) is 0.480. The monoisotopic (exact) mass is 458 g/mol. The highest BCUT2D eigenvalue weighted by atomic mass is 32.2. The van der Waals surface area contributed by atoms with Gasteiger partial charge in [-0.3, -0.25) is 0 Å². The van der Waals surface area contributed by atoms with Crippen molar-refractivity contribution in [3.8, 4) is 0 Å². The van der Waals surface area contributed by atoms with Crippen LogP contribution in [0.2, 0.25) is 0 Å². The number of benzene rings is 1. The summed E-state index contributed by atoms with van der Waals surface area (Å²) in [5.74, 6) is 0.531. The fourth-order valence-electron chi connectivity index (χ4n) is 6.43. The second-order valence-corrected chi connectivity index (χ2v) is 12.1. The molecule has 0 bridgehead atoms. The topological polar surface area (TPSA) is 66.8 Å². The molecule has 1 aromatic rings. The highest BCUT2D eigenvalue weighted by Gasteiger charge is 2.53. The molecule has 0 amide bonds. The van der Waals surface area contributed by atoms with Crippen molar-refractivity contribution in [2.75, 3.05) is 0 Å². The number of cyclic esters (lactones) is 1. The summed E-state index contributed by atoms with van der Waals surface area (Å²) in [6.07, 6.45) is 9.54. The van der Waals surface area contributed by atoms with Gasteiger partial charge in [0.15, 0.2) is 0 Å². The first-order valence-electron chi connectivity index (χ1n) is 12.2. The lowest BCUT2D eigenvalue weighted by Gasteiger charge is -2.45. The van der Waals surface area contributed by atoms with Crippen LogP contribution in [0.25, 0.3) is 0 Å². The maximum absolute atomic E-state index is 13.4. The van der Waals surface area contributed by atoms with Crippen molar-refractivity contribution in [3.05, 3.63) is 39.5 Å². The number of rotatable bonds is 5. The predicted octanol–water partition coefficient (Wildman–Crippen LogP) is 6.71. The smallest absolute Gasteiger partial charge is 0.349 e. The lowest BCUT2D eigenvalue weighted by molar-refractivity contribution is -0.174. The number of hydrogen-bond donors (Lipinski definition) is 2. The molecule has 176 valence electrons. The Balaban J connectivity index is 1.72. The highest BCUT2D eigenvalue weighted by Crippen LogP contribution is 2.53. The molecule has 2 fully saturated rings. The van der Waals surface area contributed by atoms with E-state index >= 15 is 0 Å². The molecule has 0 atom stereocenters. The lowest BCUT2D eigenvalue weighted by Crippen LogP contribution is -2.50. The minimum atomic E-state index is -0.534. The fraction of sp³-hybridized carbons (Fsp3) is 0.667. The SMILES string of the molecule is Cc1cc(CO)c(C(C)(C)C)c(SC2=C(O)CC(C3CCCC3)(C3CCCC3)OC2=O)c1. The van der Waals surface area contributed by atoms with Crippen LogP contribution in [0.15, 0.2) is 27.7 Å². The molecule has 0 saturated heterocycles. The Morgan fingerprint density at radius 2 is 1.62 bits per heavy atom. The summed E-state index contributed by atoms with van der Waals surface area (Å²) in [5.41, 5.74) is 2.18. The number of hydrogen-bond acceptors (Lipinski definition) is 5. The van der Waals surface area contributed by atoms with E-state index in [2.05, 4.69) is 20.8 Å². The van der Waals surface area contributed by atoms with Crippen LogP contribution in [-0.2, 0) is 21.6 Å². The predicted molar refractivity (Wildman–Crippen MR) is 129 cm³/mol. The van der Waals surface area contributed by atoms with Crippen molar-refractivity contribution in [2.45, 2.75) is 108 Å². The summed E-state index contributed by atoms with van der Waals surface area (Å²) in [6.45, 7) is 8.27. The molecule has 0 radical (unpaired) electrons. The number of carbonyl (C=O) groups is 1. The van der Waals surface area contributed by atoms with Crippen LogP contribution in [0.5, 0.6) is 0 Å². The van der Waals surface area contributed by atoms with Crippen LogP contribution in [0.4, 0.5) is 0 Å². The van der Waals surface area contributed by atoms with Crippen LogP contribution < -0.4 is 0 Å². The zero-order chi connectivity index (χ0) is 23.1. The van der Waals surface area contributed by atoms with E-state index in [9.17, 15) is 15.0 Å². The van der Waals surface area contributed by atoms with E-state index in [0.717, 1.165) is 47.3 Å². The third-order valence-electron chi connectivity index (χ3n) is 7.73. The summed E-state index contributed by atoms with van der Waals surface area (Å²) in [5, 5.41) is 21.2. The van der Waals surface area contributed by atoms with Gasteiger partial charge in [0.05, 0.1) is 6.61 Å². The standard InChI is InChI=1S/C27H38O4S/c1-17-13-18(16-28)23(26(2,3)4)22(14-17)32-24-21(29)15-27(31-25(24)30,19-9-5-6-10-19)20-11-7-8-12-20/h13-14,19-20,28-29H,5-12,15-16H2,1-4H3. The first kappa shape index (κ1) is 23.7. The van der Waals surface area contributed by atoms with Gasteiger partial charge in [-0.05, 0) is 72.6 Å². The van der Waals surface area contributed by atoms with Crippen LogP contribution in [0.3, 0.4) is 0 Å². The third kappa shape index (κ3) is 4.35. The Morgan fingerprint density at radius 1 is 1.06 bits per heavy atom. The Morgan fingerprint density at radius 3 is 2.09 bits per heavy atom. The second kappa shape index (κ2) is 9.06. The zero-order valence-electron chi connectivity index (χ0n) is 20.0. The summed E-state index contributed by atoms with van der Waals surface area (Å²) in [7, 11) is 0. The summed E-state index contributed by atoms with van der Waals surface area (Å²) in [6, 6.07) is 4.05. The Hall–Kier alpha value is -1.46. The van der Waals surface area contributed by atoms with E-state index in [-0.39, 0.29) is 23.8 Å². The Bertz CT molecular complexity index is 883. The van der Waals surface area contributed by atoms with Gasteiger partial charge < -0.3 is 14.9 Å². The molecule has 5 heteroatoms. The molecule has 4 nitrogen and oxygen atoms in total. The number of thioether (sulfide) groups is 1. The molecule has 4 rings (SSSR count). The maximum atomic E-state index is 13.4. The minimum absolute atomic E-state index is 0.0518. The first-order valence-corrected chi connectivity index (χ1v) is 13.1. The molecule has 2 N–H and O–H groups in total. The highest BCUT2D eigenvalue weighted by molar-refractivity contribution is 8.04. The first-order chi connectivity index (χ1) is 15.2. The van der Waals surface area contributed by atoms with Crippen molar-refractivity contribution < 1.29 is 19.7 Å². The van der Waals surface area contributed by atoms with E-state index in [4.69, 9.17) is 4.74 Å². The van der Waals surface area contributed by atoms with Gasteiger partial charge in [-0.2, -0.15) is 0 Å². The van der Waals surface area contributed by atoms with Gasteiger partial charge in [0.1, 0.15) is 16.3 Å². The van der Waals surface area contributed by atoms with E-state index < -0.39 is 5.60 Å². The molecule has 3 aliphatic rings. The molecule has 0 unspecified atom stereocenters. The number of aryl methyl sites for hydroxylation is 1. The molecule has 0 aromatic heterocycles. The van der Waals surface area contributed by atoms with Gasteiger partial charge in [0.25, 0.3) is 0 Å². The largest absolute Gasteiger partial charge is 0.511 e. The normalized spacial score (nSPS) is 22.6. The van der Waals surface area contributed by atoms with E-state index in [1.807, 2.05) is 19.1 Å². The number of aliphatic hydroxyl groups excluding tert-OH is 2. The molecular formula is C27H38O4S. The van der Waals surface area contributed by atoms with E-state index in [0.29, 0.717) is 23.2 Å². The van der Waals surface area contributed by atoms with Crippen molar-refractivity contribution in [1.29, 1.82) is 0 Å². The second-order valence-electron chi connectivity index (χ2n) is 11.1. The molecule has 2 saturated carbocycles. The number of aliphatic hydroxyl groups is 2. The van der Waals surface area contributed by atoms with Crippen molar-refractivity contribution in [1.82, 2.24) is 0 Å². The fourth-order valence-corrected chi connectivity index (χ4v) is 7.74. The third-order valence-corrected chi connectivity index (χ3v) is 8.88. The minimum Gasteiger partial charge on any atom is -0.511 e. The van der Waals surface area contributed by atoms with E-state index in [1.54, 1.807) is 0 Å². The van der Waals surface area contributed by atoms with Crippen LogP contribution in [0.1, 0.15) is 95.2 Å². The average molecular weight is 459 g/mol. The number of esters is 1. The van der Waals surface area contributed by atoms with Gasteiger partial charge in [-0.25, -0.2) is 4.79 Å². The number of ether oxygens (including phenoxy) is 1. The Kier molecular flexibility index (Phi) is 6.71. The molecule has 1 aliphatic heterocycles. The van der Waals surface area contributed by atoms with Gasteiger partial charge in [0, 0.05) is 11.3 Å². The molecular weight excluding hydrogens is 420 g/mol. The molecule has 1 heterocycles. The van der Waals surface area contributed by atoms with Gasteiger partial charge in [-0.1, -0.05) is 64.3 Å². The van der Waals surface area contributed by atoms with Crippen LogP contribution in [0, 0.1) is 18.8 Å². The van der Waals surface area contributed by atoms with Crippen molar-refractivity contribution in [3.63, 3.8) is 0 Å². The summed E-state index contributed by atoms with van der Waals surface area (Å²) < 4.78 is 6.38. The van der Waals surface area contributed by atoms with Crippen molar-refractivity contribution >= 4 is 17.7 Å².